The van der Waals surface area contributed by atoms with Crippen LogP contribution in [0.15, 0.2) is 0 Å². The average molecular weight is 243 g/mol. The minimum atomic E-state index is 0.0489. The van der Waals surface area contributed by atoms with Crippen LogP contribution in [0.1, 0.15) is 19.8 Å². The summed E-state index contributed by atoms with van der Waals surface area (Å²) in [5.74, 6) is 0.141. The highest BCUT2D eigenvalue weighted by Gasteiger charge is 2.17. The number of carbonyl (C=O) groups is 1. The van der Waals surface area contributed by atoms with Gasteiger partial charge < -0.3 is 15.3 Å². The molecule has 0 radical (unpaired) electrons. The zero-order valence-corrected chi connectivity index (χ0v) is 10.8. The maximum Gasteiger partial charge on any atom is 0.236 e. The molecular formula is C12H25N3O2. The van der Waals surface area contributed by atoms with E-state index in [0.717, 1.165) is 45.6 Å². The molecule has 0 unspecified atom stereocenters. The summed E-state index contributed by atoms with van der Waals surface area (Å²) in [6.07, 6.45) is 2.04. The van der Waals surface area contributed by atoms with Gasteiger partial charge in [-0.15, -0.1) is 0 Å². The van der Waals surface area contributed by atoms with E-state index in [4.69, 9.17) is 5.11 Å². The lowest BCUT2D eigenvalue weighted by Gasteiger charge is -2.25. The second-order valence-corrected chi connectivity index (χ2v) is 4.48. The SMILES string of the molecule is CCCN(CCO)C(=O)CN1CCCNCC1. The third-order valence-corrected chi connectivity index (χ3v) is 3.01. The lowest BCUT2D eigenvalue weighted by atomic mass is 10.3. The van der Waals surface area contributed by atoms with Crippen molar-refractivity contribution in [2.24, 2.45) is 0 Å². The van der Waals surface area contributed by atoms with Crippen LogP contribution in [0.3, 0.4) is 0 Å². The fourth-order valence-electron chi connectivity index (χ4n) is 2.10. The van der Waals surface area contributed by atoms with E-state index in [1.165, 1.54) is 0 Å². The fourth-order valence-corrected chi connectivity index (χ4v) is 2.10. The number of aliphatic hydroxyl groups is 1. The highest BCUT2D eigenvalue weighted by Crippen LogP contribution is 1.99. The van der Waals surface area contributed by atoms with Gasteiger partial charge >= 0.3 is 0 Å². The van der Waals surface area contributed by atoms with Crippen molar-refractivity contribution in [3.63, 3.8) is 0 Å². The zero-order valence-electron chi connectivity index (χ0n) is 10.8. The molecule has 1 aliphatic rings. The Balaban J connectivity index is 2.38. The van der Waals surface area contributed by atoms with Crippen molar-refractivity contribution in [1.29, 1.82) is 0 Å². The summed E-state index contributed by atoms with van der Waals surface area (Å²) < 4.78 is 0. The van der Waals surface area contributed by atoms with E-state index in [1.54, 1.807) is 4.90 Å². The molecule has 0 aromatic rings. The molecule has 0 aliphatic carbocycles. The van der Waals surface area contributed by atoms with Crippen molar-refractivity contribution in [2.75, 3.05) is 52.4 Å². The number of hydrogen-bond donors (Lipinski definition) is 2. The second kappa shape index (κ2) is 8.44. The standard InChI is InChI=1S/C12H25N3O2/c1-2-6-15(9-10-16)12(17)11-14-7-3-4-13-5-8-14/h13,16H,2-11H2,1H3. The van der Waals surface area contributed by atoms with Crippen LogP contribution in [0, 0.1) is 0 Å². The van der Waals surface area contributed by atoms with Gasteiger partial charge in [0.05, 0.1) is 13.2 Å². The third-order valence-electron chi connectivity index (χ3n) is 3.01. The Morgan fingerprint density at radius 2 is 2.18 bits per heavy atom. The second-order valence-electron chi connectivity index (χ2n) is 4.48. The zero-order chi connectivity index (χ0) is 12.5. The molecule has 2 N–H and O–H groups in total. The van der Waals surface area contributed by atoms with Gasteiger partial charge in [0.15, 0.2) is 0 Å². The molecule has 0 aromatic carbocycles. The van der Waals surface area contributed by atoms with Gasteiger partial charge in [-0.05, 0) is 25.9 Å². The molecule has 100 valence electrons. The average Bonchev–Trinajstić information content (AvgIpc) is 2.57. The van der Waals surface area contributed by atoms with Gasteiger partial charge in [0.25, 0.3) is 0 Å². The number of amides is 1. The van der Waals surface area contributed by atoms with Crippen molar-refractivity contribution >= 4 is 5.91 Å². The van der Waals surface area contributed by atoms with Crippen molar-refractivity contribution < 1.29 is 9.90 Å². The van der Waals surface area contributed by atoms with Crippen LogP contribution in [-0.2, 0) is 4.79 Å². The van der Waals surface area contributed by atoms with E-state index >= 15 is 0 Å². The van der Waals surface area contributed by atoms with Gasteiger partial charge in [-0.2, -0.15) is 0 Å². The minimum Gasteiger partial charge on any atom is -0.395 e. The normalized spacial score (nSPS) is 17.8. The molecule has 1 aliphatic heterocycles. The first kappa shape index (κ1) is 14.4. The van der Waals surface area contributed by atoms with Gasteiger partial charge in [0.1, 0.15) is 0 Å². The van der Waals surface area contributed by atoms with Crippen LogP contribution in [0.25, 0.3) is 0 Å². The first-order valence-electron chi connectivity index (χ1n) is 6.59. The number of nitrogens with one attached hydrogen (secondary N) is 1. The Morgan fingerprint density at radius 3 is 2.88 bits per heavy atom. The lowest BCUT2D eigenvalue weighted by molar-refractivity contribution is -0.132. The Hall–Kier alpha value is -0.650. The van der Waals surface area contributed by atoms with Crippen LogP contribution in [0.2, 0.25) is 0 Å². The number of carbonyl (C=O) groups excluding carboxylic acids is 1. The summed E-state index contributed by atoms with van der Waals surface area (Å²) in [6.45, 7) is 7.70. The summed E-state index contributed by atoms with van der Waals surface area (Å²) in [6, 6.07) is 0. The minimum absolute atomic E-state index is 0.0489. The molecule has 5 heteroatoms. The van der Waals surface area contributed by atoms with E-state index in [-0.39, 0.29) is 12.5 Å². The molecule has 1 heterocycles. The van der Waals surface area contributed by atoms with Gasteiger partial charge in [-0.3, -0.25) is 9.69 Å². The highest BCUT2D eigenvalue weighted by molar-refractivity contribution is 5.78. The van der Waals surface area contributed by atoms with E-state index in [0.29, 0.717) is 13.1 Å². The van der Waals surface area contributed by atoms with Gasteiger partial charge in [0, 0.05) is 26.2 Å². The Kier molecular flexibility index (Phi) is 7.16. The van der Waals surface area contributed by atoms with Crippen LogP contribution >= 0.6 is 0 Å². The summed E-state index contributed by atoms with van der Waals surface area (Å²) in [5, 5.41) is 12.3. The van der Waals surface area contributed by atoms with E-state index < -0.39 is 0 Å². The van der Waals surface area contributed by atoms with Gasteiger partial charge in [-0.1, -0.05) is 6.92 Å². The summed E-state index contributed by atoms with van der Waals surface area (Å²) in [7, 11) is 0. The van der Waals surface area contributed by atoms with Crippen LogP contribution in [-0.4, -0.2) is 73.2 Å². The molecule has 1 fully saturated rings. The number of nitrogens with zero attached hydrogens (tertiary/aromatic N) is 2. The molecule has 17 heavy (non-hydrogen) atoms. The maximum absolute atomic E-state index is 12.1. The van der Waals surface area contributed by atoms with E-state index in [9.17, 15) is 4.79 Å². The summed E-state index contributed by atoms with van der Waals surface area (Å²) in [5.41, 5.74) is 0. The third kappa shape index (κ3) is 5.48. The number of aliphatic hydroxyl groups excluding tert-OH is 1. The van der Waals surface area contributed by atoms with Crippen molar-refractivity contribution in [2.45, 2.75) is 19.8 Å². The fraction of sp³-hybridized carbons (Fsp3) is 0.917. The number of rotatable bonds is 6. The summed E-state index contributed by atoms with van der Waals surface area (Å²) in [4.78, 5) is 16.0. The molecule has 0 atom stereocenters. The van der Waals surface area contributed by atoms with Crippen LogP contribution in [0.5, 0.6) is 0 Å². The Labute approximate surface area is 104 Å². The van der Waals surface area contributed by atoms with Crippen LogP contribution in [0.4, 0.5) is 0 Å². The maximum atomic E-state index is 12.1. The molecule has 0 bridgehead atoms. The van der Waals surface area contributed by atoms with Crippen molar-refractivity contribution in [3.8, 4) is 0 Å². The molecule has 0 aromatic heterocycles. The molecular weight excluding hydrogens is 218 g/mol. The van der Waals surface area contributed by atoms with Crippen molar-refractivity contribution in [1.82, 2.24) is 15.1 Å². The van der Waals surface area contributed by atoms with Crippen LogP contribution < -0.4 is 5.32 Å². The Morgan fingerprint density at radius 1 is 1.35 bits per heavy atom. The molecule has 5 nitrogen and oxygen atoms in total. The van der Waals surface area contributed by atoms with Gasteiger partial charge in [0.2, 0.25) is 5.91 Å². The van der Waals surface area contributed by atoms with Crippen molar-refractivity contribution in [3.05, 3.63) is 0 Å². The molecule has 1 rings (SSSR count). The topological polar surface area (TPSA) is 55.8 Å². The summed E-state index contributed by atoms with van der Waals surface area (Å²) >= 11 is 0. The predicted molar refractivity (Wildman–Crippen MR) is 67.9 cm³/mol. The quantitative estimate of drug-likeness (QED) is 0.661. The molecule has 1 amide bonds. The number of hydrogen-bond acceptors (Lipinski definition) is 4. The van der Waals surface area contributed by atoms with E-state index in [2.05, 4.69) is 10.2 Å². The first-order valence-corrected chi connectivity index (χ1v) is 6.59. The molecule has 0 saturated carbocycles. The smallest absolute Gasteiger partial charge is 0.236 e. The first-order chi connectivity index (χ1) is 8.27. The largest absolute Gasteiger partial charge is 0.395 e. The lowest BCUT2D eigenvalue weighted by Crippen LogP contribution is -2.43. The molecule has 1 saturated heterocycles. The van der Waals surface area contributed by atoms with Gasteiger partial charge in [-0.25, -0.2) is 0 Å². The Bertz CT molecular complexity index is 210. The molecule has 0 spiro atoms. The predicted octanol–water partition coefficient (Wildman–Crippen LogP) is -0.487. The highest BCUT2D eigenvalue weighted by atomic mass is 16.3. The van der Waals surface area contributed by atoms with E-state index in [1.807, 2.05) is 6.92 Å². The monoisotopic (exact) mass is 243 g/mol.